The number of rotatable bonds is 9. The third kappa shape index (κ3) is 5.21. The van der Waals surface area contributed by atoms with E-state index in [0.29, 0.717) is 29.0 Å². The first kappa shape index (κ1) is 21.7. The minimum Gasteiger partial charge on any atom is -0.497 e. The van der Waals surface area contributed by atoms with Crippen LogP contribution in [0.3, 0.4) is 0 Å². The first-order valence-corrected chi connectivity index (χ1v) is 11.2. The summed E-state index contributed by atoms with van der Waals surface area (Å²) in [6.07, 6.45) is 0. The third-order valence-electron chi connectivity index (χ3n) is 4.40. The fourth-order valence-corrected chi connectivity index (χ4v) is 4.61. The van der Waals surface area contributed by atoms with Gasteiger partial charge in [-0.25, -0.2) is 0 Å². The Labute approximate surface area is 191 Å². The number of anilines is 1. The Kier molecular flexibility index (Phi) is 6.61. The van der Waals surface area contributed by atoms with Gasteiger partial charge in [-0.15, -0.1) is 20.4 Å². The highest BCUT2D eigenvalue weighted by Gasteiger charge is 2.19. The Morgan fingerprint density at radius 3 is 2.56 bits per heavy atom. The van der Waals surface area contributed by atoms with Crippen molar-refractivity contribution in [1.82, 2.24) is 20.4 Å². The summed E-state index contributed by atoms with van der Waals surface area (Å²) in [6.45, 7) is 2.56. The second-order valence-corrected chi connectivity index (χ2v) is 9.15. The topological polar surface area (TPSA) is 129 Å². The van der Waals surface area contributed by atoms with Gasteiger partial charge in [0, 0.05) is 24.2 Å². The molecule has 32 heavy (non-hydrogen) atoms. The van der Waals surface area contributed by atoms with Crippen LogP contribution in [-0.2, 0) is 6.54 Å². The Morgan fingerprint density at radius 2 is 1.88 bits per heavy atom. The van der Waals surface area contributed by atoms with Crippen LogP contribution in [0, 0.1) is 10.1 Å². The highest BCUT2D eigenvalue weighted by molar-refractivity contribution is 8.01. The standard InChI is InChI=1S/C20H18N6O4S2/c1-12(17-22-23-18(30-17)14-5-7-15(8-6-14)26(27)28)31-20-25-24-19(32-20)21-11-13-3-9-16(29-2)10-4-13/h3-10,12H,11H2,1-2H3,(H,21,24). The van der Waals surface area contributed by atoms with E-state index in [0.717, 1.165) is 15.7 Å². The fraction of sp³-hybridized carbons (Fsp3) is 0.200. The van der Waals surface area contributed by atoms with Gasteiger partial charge in [0.25, 0.3) is 5.69 Å². The maximum atomic E-state index is 10.8. The van der Waals surface area contributed by atoms with Crippen LogP contribution < -0.4 is 10.1 Å². The molecule has 12 heteroatoms. The second-order valence-electron chi connectivity index (χ2n) is 6.58. The first-order valence-electron chi connectivity index (χ1n) is 9.47. The average Bonchev–Trinajstić information content (AvgIpc) is 3.48. The molecule has 0 radical (unpaired) electrons. The molecule has 2 aromatic carbocycles. The van der Waals surface area contributed by atoms with E-state index < -0.39 is 4.92 Å². The van der Waals surface area contributed by atoms with Crippen LogP contribution in [0.25, 0.3) is 11.5 Å². The van der Waals surface area contributed by atoms with E-state index in [2.05, 4.69) is 25.7 Å². The Bertz CT molecular complexity index is 1190. The molecule has 0 saturated carbocycles. The fourth-order valence-electron chi connectivity index (χ4n) is 2.69. The largest absolute Gasteiger partial charge is 0.497 e. The number of thioether (sulfide) groups is 1. The highest BCUT2D eigenvalue weighted by Crippen LogP contribution is 2.37. The molecule has 2 aromatic heterocycles. The summed E-state index contributed by atoms with van der Waals surface area (Å²) in [4.78, 5) is 10.3. The van der Waals surface area contributed by atoms with Gasteiger partial charge in [-0.2, -0.15) is 0 Å². The van der Waals surface area contributed by atoms with Crippen LogP contribution in [0.15, 0.2) is 57.3 Å². The third-order valence-corrected chi connectivity index (χ3v) is 6.45. The molecule has 0 spiro atoms. The predicted octanol–water partition coefficient (Wildman–Crippen LogP) is 4.97. The summed E-state index contributed by atoms with van der Waals surface area (Å²) in [7, 11) is 1.64. The molecule has 10 nitrogen and oxygen atoms in total. The number of nitrogens with zero attached hydrogens (tertiary/aromatic N) is 5. The number of nitro benzene ring substituents is 1. The van der Waals surface area contributed by atoms with Crippen LogP contribution in [0.4, 0.5) is 10.8 Å². The van der Waals surface area contributed by atoms with E-state index >= 15 is 0 Å². The summed E-state index contributed by atoms with van der Waals surface area (Å²) in [5.41, 5.74) is 1.73. The summed E-state index contributed by atoms with van der Waals surface area (Å²) in [6, 6.07) is 13.8. The van der Waals surface area contributed by atoms with Crippen molar-refractivity contribution in [2.75, 3.05) is 12.4 Å². The summed E-state index contributed by atoms with van der Waals surface area (Å²) in [5, 5.41) is 31.2. The predicted molar refractivity (Wildman–Crippen MR) is 121 cm³/mol. The maximum Gasteiger partial charge on any atom is 0.269 e. The van der Waals surface area contributed by atoms with Crippen molar-refractivity contribution in [2.24, 2.45) is 0 Å². The molecule has 0 aliphatic carbocycles. The van der Waals surface area contributed by atoms with Gasteiger partial charge in [-0.05, 0) is 36.8 Å². The number of hydrogen-bond donors (Lipinski definition) is 1. The number of methoxy groups -OCH3 is 1. The molecule has 1 unspecified atom stereocenters. The molecule has 4 rings (SSSR count). The van der Waals surface area contributed by atoms with Gasteiger partial charge in [0.15, 0.2) is 4.34 Å². The number of nitrogens with one attached hydrogen (secondary N) is 1. The zero-order valence-corrected chi connectivity index (χ0v) is 18.7. The van der Waals surface area contributed by atoms with Gasteiger partial charge in [-0.1, -0.05) is 35.2 Å². The molecule has 0 aliphatic rings. The van der Waals surface area contributed by atoms with E-state index in [1.165, 1.54) is 35.2 Å². The molecule has 0 amide bonds. The van der Waals surface area contributed by atoms with Crippen LogP contribution in [0.1, 0.15) is 23.6 Å². The van der Waals surface area contributed by atoms with Gasteiger partial charge >= 0.3 is 0 Å². The molecule has 164 valence electrons. The molecular formula is C20H18N6O4S2. The van der Waals surface area contributed by atoms with Gasteiger partial charge in [0.1, 0.15) is 5.75 Å². The van der Waals surface area contributed by atoms with E-state index in [1.54, 1.807) is 19.2 Å². The molecule has 2 heterocycles. The van der Waals surface area contributed by atoms with Gasteiger partial charge in [-0.3, -0.25) is 10.1 Å². The van der Waals surface area contributed by atoms with E-state index in [4.69, 9.17) is 9.15 Å². The molecular weight excluding hydrogens is 452 g/mol. The summed E-state index contributed by atoms with van der Waals surface area (Å²) < 4.78 is 11.7. The Balaban J connectivity index is 1.34. The molecule has 0 saturated heterocycles. The lowest BCUT2D eigenvalue weighted by molar-refractivity contribution is -0.384. The molecule has 1 atom stereocenters. The van der Waals surface area contributed by atoms with Gasteiger partial charge in [0.2, 0.25) is 16.9 Å². The lowest BCUT2D eigenvalue weighted by atomic mass is 10.2. The Morgan fingerprint density at radius 1 is 1.12 bits per heavy atom. The van der Waals surface area contributed by atoms with Crippen molar-refractivity contribution in [2.45, 2.75) is 23.1 Å². The van der Waals surface area contributed by atoms with Crippen molar-refractivity contribution < 1.29 is 14.1 Å². The zero-order valence-electron chi connectivity index (χ0n) is 17.1. The summed E-state index contributed by atoms with van der Waals surface area (Å²) in [5.74, 6) is 1.56. The lowest BCUT2D eigenvalue weighted by Gasteiger charge is -2.04. The maximum absolute atomic E-state index is 10.8. The normalized spacial score (nSPS) is 11.8. The van der Waals surface area contributed by atoms with Crippen molar-refractivity contribution in [1.29, 1.82) is 0 Å². The number of non-ortho nitro benzene ring substituents is 1. The van der Waals surface area contributed by atoms with E-state index in [-0.39, 0.29) is 10.9 Å². The van der Waals surface area contributed by atoms with Crippen molar-refractivity contribution in [3.05, 3.63) is 70.1 Å². The Hall–Kier alpha value is -3.51. The number of ether oxygens (including phenoxy) is 1. The lowest BCUT2D eigenvalue weighted by Crippen LogP contribution is -1.98. The quantitative estimate of drug-likeness (QED) is 0.203. The zero-order chi connectivity index (χ0) is 22.5. The van der Waals surface area contributed by atoms with Crippen molar-refractivity contribution in [3.8, 4) is 17.2 Å². The summed E-state index contributed by atoms with van der Waals surface area (Å²) >= 11 is 2.90. The van der Waals surface area contributed by atoms with Crippen LogP contribution in [0.2, 0.25) is 0 Å². The monoisotopic (exact) mass is 470 g/mol. The minimum atomic E-state index is -0.454. The van der Waals surface area contributed by atoms with Crippen molar-refractivity contribution >= 4 is 33.9 Å². The highest BCUT2D eigenvalue weighted by atomic mass is 32.2. The second kappa shape index (κ2) is 9.75. The minimum absolute atomic E-state index is 0.00471. The van der Waals surface area contributed by atoms with Crippen LogP contribution in [-0.4, -0.2) is 32.4 Å². The van der Waals surface area contributed by atoms with Crippen molar-refractivity contribution in [3.63, 3.8) is 0 Å². The molecule has 1 N–H and O–H groups in total. The van der Waals surface area contributed by atoms with Gasteiger partial charge in [0.05, 0.1) is 17.3 Å². The SMILES string of the molecule is COc1ccc(CNc2nnc(SC(C)c3nnc(-c4ccc([N+](=O)[O-])cc4)o3)s2)cc1. The average molecular weight is 471 g/mol. The van der Waals surface area contributed by atoms with E-state index in [1.807, 2.05) is 31.2 Å². The molecule has 0 aliphatic heterocycles. The number of nitro groups is 1. The smallest absolute Gasteiger partial charge is 0.269 e. The molecule has 0 bridgehead atoms. The number of benzene rings is 2. The van der Waals surface area contributed by atoms with Crippen LogP contribution >= 0.6 is 23.1 Å². The number of hydrogen-bond acceptors (Lipinski definition) is 11. The molecule has 4 aromatic rings. The van der Waals surface area contributed by atoms with E-state index in [9.17, 15) is 10.1 Å². The first-order chi connectivity index (χ1) is 15.5. The van der Waals surface area contributed by atoms with Crippen LogP contribution in [0.5, 0.6) is 5.75 Å². The van der Waals surface area contributed by atoms with Gasteiger partial charge < -0.3 is 14.5 Å². The molecule has 0 fully saturated rings. The number of aromatic nitrogens is 4.